The predicted octanol–water partition coefficient (Wildman–Crippen LogP) is 4.65. The Morgan fingerprint density at radius 2 is 1.77 bits per heavy atom. The van der Waals surface area contributed by atoms with E-state index in [9.17, 15) is 0 Å². The summed E-state index contributed by atoms with van der Waals surface area (Å²) in [5.41, 5.74) is 3.81. The number of methoxy groups -OCH3 is 3. The lowest BCUT2D eigenvalue weighted by Gasteiger charge is -2.14. The second kappa shape index (κ2) is 9.13. The van der Waals surface area contributed by atoms with Crippen molar-refractivity contribution in [3.63, 3.8) is 0 Å². The second-order valence-corrected chi connectivity index (χ2v) is 7.66. The summed E-state index contributed by atoms with van der Waals surface area (Å²) in [7, 11) is 4.83. The van der Waals surface area contributed by atoms with Crippen molar-refractivity contribution in [2.24, 2.45) is 10.1 Å². The summed E-state index contributed by atoms with van der Waals surface area (Å²) in [5, 5.41) is 7.01. The van der Waals surface area contributed by atoms with Gasteiger partial charge in [0.1, 0.15) is 0 Å². The smallest absolute Gasteiger partial charge is 0.211 e. The Balaban J connectivity index is 1.90. The Morgan fingerprint density at radius 3 is 2.37 bits per heavy atom. The van der Waals surface area contributed by atoms with Crippen molar-refractivity contribution in [1.82, 2.24) is 9.66 Å². The molecule has 7 nitrogen and oxygen atoms in total. The van der Waals surface area contributed by atoms with Crippen LogP contribution in [0.3, 0.4) is 0 Å². The fourth-order valence-corrected chi connectivity index (χ4v) is 4.31. The minimum atomic E-state index is 0.563. The maximum atomic E-state index is 5.54. The summed E-state index contributed by atoms with van der Waals surface area (Å²) >= 11 is 1.53. The molecule has 2 aromatic heterocycles. The Morgan fingerprint density at radius 1 is 1.03 bits per heavy atom. The van der Waals surface area contributed by atoms with Gasteiger partial charge in [-0.05, 0) is 49.9 Å². The van der Waals surface area contributed by atoms with Gasteiger partial charge in [-0.3, -0.25) is 4.98 Å². The Hall–Kier alpha value is -3.13. The number of hydrogen-bond donors (Lipinski definition) is 0. The number of pyridine rings is 1. The van der Waals surface area contributed by atoms with Crippen LogP contribution in [0.25, 0.3) is 11.3 Å². The van der Waals surface area contributed by atoms with Crippen LogP contribution >= 0.6 is 11.3 Å². The van der Waals surface area contributed by atoms with E-state index in [0.717, 1.165) is 34.6 Å². The number of ether oxygens (including phenoxy) is 3. The van der Waals surface area contributed by atoms with E-state index in [1.165, 1.54) is 29.9 Å². The molecule has 8 heteroatoms. The quantitative estimate of drug-likeness (QED) is 0.578. The third-order valence-corrected chi connectivity index (χ3v) is 5.75. The van der Waals surface area contributed by atoms with Crippen LogP contribution in [0.4, 0.5) is 5.69 Å². The Bertz CT molecular complexity index is 1090. The monoisotopic (exact) mass is 424 g/mol. The zero-order valence-electron chi connectivity index (χ0n) is 17.3. The van der Waals surface area contributed by atoms with E-state index in [0.29, 0.717) is 17.2 Å². The lowest BCUT2D eigenvalue weighted by Crippen LogP contribution is -2.13. The molecule has 1 aliphatic carbocycles. The molecular formula is C22H24N4O3S. The number of rotatable bonds is 6. The van der Waals surface area contributed by atoms with Crippen LogP contribution < -0.4 is 19.0 Å². The molecule has 2 heterocycles. The average molecular weight is 425 g/mol. The van der Waals surface area contributed by atoms with Crippen LogP contribution in [0, 0.1) is 0 Å². The summed E-state index contributed by atoms with van der Waals surface area (Å²) in [6.07, 6.45) is 7.87. The summed E-state index contributed by atoms with van der Waals surface area (Å²) in [4.78, 5) is 9.72. The summed E-state index contributed by atoms with van der Waals surface area (Å²) in [6.45, 7) is 0. The van der Waals surface area contributed by atoms with Crippen LogP contribution in [-0.4, -0.2) is 36.7 Å². The zero-order chi connectivity index (χ0) is 20.9. The summed E-state index contributed by atoms with van der Waals surface area (Å²) in [5.74, 6) is 1.76. The Kier molecular flexibility index (Phi) is 6.13. The van der Waals surface area contributed by atoms with E-state index in [2.05, 4.69) is 10.4 Å². The molecule has 1 aromatic carbocycles. The molecule has 0 amide bonds. The minimum Gasteiger partial charge on any atom is -0.493 e. The third kappa shape index (κ3) is 4.09. The molecule has 0 spiro atoms. The predicted molar refractivity (Wildman–Crippen MR) is 118 cm³/mol. The van der Waals surface area contributed by atoms with Crippen LogP contribution in [0.5, 0.6) is 17.2 Å². The van der Waals surface area contributed by atoms with Gasteiger partial charge in [0.25, 0.3) is 0 Å². The molecule has 0 radical (unpaired) electrons. The normalized spacial score (nSPS) is 14.1. The second-order valence-electron chi connectivity index (χ2n) is 6.83. The fraction of sp³-hybridized carbons (Fsp3) is 0.318. The van der Waals surface area contributed by atoms with E-state index >= 15 is 0 Å². The molecular weight excluding hydrogens is 400 g/mol. The van der Waals surface area contributed by atoms with Gasteiger partial charge in [-0.25, -0.2) is 9.67 Å². The number of nitrogens with zero attached hydrogens (tertiary/aromatic N) is 4. The number of benzene rings is 1. The van der Waals surface area contributed by atoms with Gasteiger partial charge in [0.05, 0.1) is 38.9 Å². The molecule has 1 fully saturated rings. The molecule has 3 aromatic rings. The van der Waals surface area contributed by atoms with Crippen molar-refractivity contribution < 1.29 is 14.2 Å². The first-order valence-electron chi connectivity index (χ1n) is 9.76. The van der Waals surface area contributed by atoms with Crippen molar-refractivity contribution in [1.29, 1.82) is 0 Å². The Labute approximate surface area is 179 Å². The molecule has 0 atom stereocenters. The lowest BCUT2D eigenvalue weighted by molar-refractivity contribution is 0.324. The highest BCUT2D eigenvalue weighted by molar-refractivity contribution is 7.07. The van der Waals surface area contributed by atoms with Crippen LogP contribution in [0.2, 0.25) is 0 Å². The van der Waals surface area contributed by atoms with Crippen molar-refractivity contribution in [2.45, 2.75) is 25.7 Å². The van der Waals surface area contributed by atoms with Gasteiger partial charge in [-0.2, -0.15) is 5.10 Å². The highest BCUT2D eigenvalue weighted by Gasteiger charge is 2.18. The fourth-order valence-electron chi connectivity index (χ4n) is 3.46. The number of aromatic nitrogens is 2. The molecule has 156 valence electrons. The highest BCUT2D eigenvalue weighted by Crippen LogP contribution is 2.41. The summed E-state index contributed by atoms with van der Waals surface area (Å²) in [6, 6.07) is 7.67. The largest absolute Gasteiger partial charge is 0.493 e. The summed E-state index contributed by atoms with van der Waals surface area (Å²) < 4.78 is 18.5. The first-order chi connectivity index (χ1) is 14.7. The van der Waals surface area contributed by atoms with Gasteiger partial charge in [-0.1, -0.05) is 0 Å². The molecule has 1 aliphatic rings. The number of hydrogen-bond acceptors (Lipinski definition) is 7. The van der Waals surface area contributed by atoms with Gasteiger partial charge in [0, 0.05) is 22.9 Å². The van der Waals surface area contributed by atoms with Crippen molar-refractivity contribution in [2.75, 3.05) is 21.3 Å². The molecule has 0 aliphatic heterocycles. The topological polar surface area (TPSA) is 70.2 Å². The van der Waals surface area contributed by atoms with E-state index in [1.54, 1.807) is 33.7 Å². The lowest BCUT2D eigenvalue weighted by atomic mass is 10.1. The van der Waals surface area contributed by atoms with Gasteiger partial charge in [0.2, 0.25) is 10.6 Å². The standard InChI is InChI=1S/C22H24N4O3S/c1-27-19-11-15(12-20(28-2)21(19)29-3)18-14-30-22(24-17-9-6-10-23-13-17)26(18)25-16-7-4-5-8-16/h6,9-14H,4-5,7-8H2,1-3H3. The molecule has 0 N–H and O–H groups in total. The van der Waals surface area contributed by atoms with Crippen LogP contribution in [0.15, 0.2) is 52.1 Å². The number of thiazole rings is 1. The molecule has 4 rings (SSSR count). The molecule has 1 saturated carbocycles. The SMILES string of the molecule is COc1cc(-c2csc(=Nc3cccnc3)n2N=C2CCCC2)cc(OC)c1OC. The van der Waals surface area contributed by atoms with Crippen LogP contribution in [0.1, 0.15) is 25.7 Å². The van der Waals surface area contributed by atoms with Gasteiger partial charge in [-0.15, -0.1) is 11.3 Å². The maximum absolute atomic E-state index is 5.54. The van der Waals surface area contributed by atoms with Crippen LogP contribution in [-0.2, 0) is 0 Å². The molecule has 30 heavy (non-hydrogen) atoms. The van der Waals surface area contributed by atoms with Gasteiger partial charge < -0.3 is 14.2 Å². The van der Waals surface area contributed by atoms with E-state index in [1.807, 2.05) is 28.9 Å². The van der Waals surface area contributed by atoms with E-state index < -0.39 is 0 Å². The third-order valence-electron chi connectivity index (χ3n) is 4.94. The van der Waals surface area contributed by atoms with Gasteiger partial charge >= 0.3 is 0 Å². The van der Waals surface area contributed by atoms with Gasteiger partial charge in [0.15, 0.2) is 11.5 Å². The first-order valence-corrected chi connectivity index (χ1v) is 10.6. The zero-order valence-corrected chi connectivity index (χ0v) is 18.1. The van der Waals surface area contributed by atoms with Crippen molar-refractivity contribution in [3.05, 3.63) is 46.8 Å². The van der Waals surface area contributed by atoms with E-state index in [-0.39, 0.29) is 0 Å². The van der Waals surface area contributed by atoms with E-state index in [4.69, 9.17) is 24.3 Å². The minimum absolute atomic E-state index is 0.563. The van der Waals surface area contributed by atoms with Crippen molar-refractivity contribution in [3.8, 4) is 28.5 Å². The maximum Gasteiger partial charge on any atom is 0.211 e. The average Bonchev–Trinajstić information content (AvgIpc) is 3.44. The van der Waals surface area contributed by atoms with Crippen molar-refractivity contribution >= 4 is 22.7 Å². The molecule has 0 unspecified atom stereocenters. The molecule has 0 saturated heterocycles. The molecule has 0 bridgehead atoms. The highest BCUT2D eigenvalue weighted by atomic mass is 32.1. The first kappa shape index (κ1) is 20.2.